The number of benzene rings is 2. The van der Waals surface area contributed by atoms with E-state index in [0.29, 0.717) is 16.2 Å². The van der Waals surface area contributed by atoms with Crippen LogP contribution in [0.1, 0.15) is 79.9 Å². The molecule has 0 amide bonds. The van der Waals surface area contributed by atoms with Gasteiger partial charge in [0.25, 0.3) is 0 Å². The molecule has 0 N–H and O–H groups in total. The zero-order valence-corrected chi connectivity index (χ0v) is 28.6. The molecule has 1 nitrogen and oxygen atoms in total. The monoisotopic (exact) mass is 577 g/mol. The van der Waals surface area contributed by atoms with Gasteiger partial charge in [0.2, 0.25) is 0 Å². The summed E-state index contributed by atoms with van der Waals surface area (Å²) in [6, 6.07) is 20.3. The molecule has 0 unspecified atom stereocenters. The van der Waals surface area contributed by atoms with Crippen LogP contribution in [-0.2, 0) is 21.7 Å². The van der Waals surface area contributed by atoms with Gasteiger partial charge in [0.15, 0.2) is 0 Å². The van der Waals surface area contributed by atoms with Gasteiger partial charge in [-0.1, -0.05) is 148 Å². The molecule has 3 heteroatoms. The fraction of sp³-hybridized carbons (Fsp3) is 0.444. The molecule has 3 rings (SSSR count). The average molecular weight is 578 g/mol. The third kappa shape index (κ3) is 13.5. The Morgan fingerprint density at radius 3 is 1.31 bits per heavy atom. The van der Waals surface area contributed by atoms with E-state index >= 15 is 0 Å². The Labute approximate surface area is 255 Å². The molecule has 0 radical (unpaired) electrons. The fourth-order valence-corrected chi connectivity index (χ4v) is 11.9. The molecule has 0 bridgehead atoms. The molecule has 2 aromatic carbocycles. The summed E-state index contributed by atoms with van der Waals surface area (Å²) in [5, 5.41) is 0. The van der Waals surface area contributed by atoms with Crippen molar-refractivity contribution in [2.45, 2.75) is 68.7 Å². The minimum absolute atomic E-state index is 0. The smallest absolute Gasteiger partial charge is 0.0425 e. The summed E-state index contributed by atoms with van der Waals surface area (Å²) in [6.45, 7) is 29.6. The van der Waals surface area contributed by atoms with E-state index < -0.39 is 7.05 Å². The van der Waals surface area contributed by atoms with E-state index in [-0.39, 0.29) is 21.7 Å². The first-order chi connectivity index (χ1) is 17.5. The Kier molecular flexibility index (Phi) is 13.4. The Hall–Kier alpha value is -1.66. The van der Waals surface area contributed by atoms with E-state index in [2.05, 4.69) is 118 Å². The van der Waals surface area contributed by atoms with Crippen LogP contribution in [0.4, 0.5) is 0 Å². The number of allylic oxidation sites excluding steroid dienone is 5. The van der Waals surface area contributed by atoms with Crippen LogP contribution in [0.25, 0.3) is 11.1 Å². The number of rotatable bonds is 7. The van der Waals surface area contributed by atoms with Gasteiger partial charge in [-0.2, -0.15) is 0 Å². The van der Waals surface area contributed by atoms with Crippen molar-refractivity contribution < 1.29 is 21.7 Å². The molecule has 0 atom stereocenters. The fourth-order valence-electron chi connectivity index (χ4n) is 5.33. The number of nitrogens with zero attached hydrogens (tertiary/aromatic N) is 1. The van der Waals surface area contributed by atoms with E-state index in [1.807, 2.05) is 36.4 Å². The Morgan fingerprint density at radius 1 is 0.667 bits per heavy atom. The molecule has 0 heterocycles. The van der Waals surface area contributed by atoms with Crippen LogP contribution in [0.15, 0.2) is 102 Å². The summed E-state index contributed by atoms with van der Waals surface area (Å²) >= 11 is 0. The maximum atomic E-state index is 5.47. The first-order valence-electron chi connectivity index (χ1n) is 13.9. The van der Waals surface area contributed by atoms with Crippen molar-refractivity contribution in [2.24, 2.45) is 21.0 Å². The third-order valence-electron chi connectivity index (χ3n) is 6.01. The van der Waals surface area contributed by atoms with Crippen LogP contribution in [0.3, 0.4) is 0 Å². The van der Waals surface area contributed by atoms with Crippen molar-refractivity contribution in [1.29, 1.82) is 0 Å². The molecule has 210 valence electrons. The molecule has 0 fully saturated rings. The van der Waals surface area contributed by atoms with Gasteiger partial charge < -0.3 is 0 Å². The largest absolute Gasteiger partial charge is 0.272 e. The second kappa shape index (κ2) is 14.8. The normalized spacial score (nSPS) is 13.5. The second-order valence-corrected chi connectivity index (χ2v) is 17.7. The molecule has 0 saturated carbocycles. The van der Waals surface area contributed by atoms with Crippen LogP contribution in [0.5, 0.6) is 0 Å². The van der Waals surface area contributed by atoms with Gasteiger partial charge in [0.1, 0.15) is 0 Å². The molecule has 2 aromatic rings. The topological polar surface area (TPSA) is 12.4 Å². The first-order valence-corrected chi connectivity index (χ1v) is 16.2. The van der Waals surface area contributed by atoms with Gasteiger partial charge in [-0.05, 0) is 70.1 Å². The molecule has 39 heavy (non-hydrogen) atoms. The van der Waals surface area contributed by atoms with E-state index in [9.17, 15) is 0 Å². The van der Waals surface area contributed by atoms with Gasteiger partial charge in [0.05, 0.1) is 0 Å². The second-order valence-electron chi connectivity index (χ2n) is 14.3. The molecule has 0 aliphatic heterocycles. The molecule has 0 saturated heterocycles. The summed E-state index contributed by atoms with van der Waals surface area (Å²) in [5.74, 6) is 0. The maximum absolute atomic E-state index is 5.47. The van der Waals surface area contributed by atoms with Crippen LogP contribution < -0.4 is 0 Å². The van der Waals surface area contributed by atoms with E-state index in [1.165, 1.54) is 24.2 Å². The molecular formula is C36H52NPTi. The van der Waals surface area contributed by atoms with Crippen LogP contribution in [0, 0.1) is 16.2 Å². The Balaban J connectivity index is 0.000000396. The number of hydrogen-bond donors (Lipinski definition) is 0. The zero-order valence-electron chi connectivity index (χ0n) is 26.1. The van der Waals surface area contributed by atoms with Crippen molar-refractivity contribution in [2.75, 3.05) is 18.5 Å². The van der Waals surface area contributed by atoms with Gasteiger partial charge >= 0.3 is 0 Å². The van der Waals surface area contributed by atoms with Gasteiger partial charge in [-0.3, -0.25) is 4.74 Å². The third-order valence-corrected chi connectivity index (χ3v) is 11.3. The van der Waals surface area contributed by atoms with Crippen LogP contribution in [0.2, 0.25) is 0 Å². The van der Waals surface area contributed by atoms with Crippen molar-refractivity contribution in [1.82, 2.24) is 0 Å². The molecule has 0 spiro atoms. The van der Waals surface area contributed by atoms with Crippen molar-refractivity contribution in [3.63, 3.8) is 0 Å². The van der Waals surface area contributed by atoms with Crippen molar-refractivity contribution in [3.8, 4) is 0 Å². The minimum atomic E-state index is -1.39. The molecule has 0 aromatic heterocycles. The van der Waals surface area contributed by atoms with E-state index in [0.717, 1.165) is 28.7 Å². The summed E-state index contributed by atoms with van der Waals surface area (Å²) < 4.78 is 5.47. The molecule has 1 aliphatic carbocycles. The Morgan fingerprint density at radius 2 is 1.03 bits per heavy atom. The maximum Gasteiger partial charge on any atom is 0.0425 e. The van der Waals surface area contributed by atoms with Gasteiger partial charge in [0, 0.05) is 33.8 Å². The summed E-state index contributed by atoms with van der Waals surface area (Å²) in [4.78, 5) is 0. The average Bonchev–Trinajstić information content (AvgIpc) is 3.28. The predicted molar refractivity (Wildman–Crippen MR) is 175 cm³/mol. The summed E-state index contributed by atoms with van der Waals surface area (Å²) in [7, 11) is -1.39. The standard InChI is InChI=1S/C20H38NP.C16H14.Ti/c1-18(2,3)14-22(15-19(4,5)6,16-20(7,8)9)21-17-12-10-11-13-17;1-13(15-9-5-3-6-10-15)14(2)16-11-7-4-8-12-16;/h10-12H,13-16H2,1-9H3;3-12H,1-2H2;. The quantitative estimate of drug-likeness (QED) is 0.176. The van der Waals surface area contributed by atoms with E-state index in [1.54, 1.807) is 0 Å². The number of hydrogen-bond acceptors (Lipinski definition) is 1. The van der Waals surface area contributed by atoms with E-state index in [4.69, 9.17) is 4.74 Å². The zero-order chi connectivity index (χ0) is 28.6. The van der Waals surface area contributed by atoms with Crippen molar-refractivity contribution in [3.05, 3.63) is 109 Å². The molecule has 1 aliphatic rings. The SMILES string of the molecule is C=C(C(=C)c1ccccc1)c1ccccc1.CC(C)(C)CP(CC(C)(C)C)(CC(C)(C)C)=NC1=CC=CC1.[Ti]. The minimum Gasteiger partial charge on any atom is -0.272 e. The Bertz CT molecular complexity index is 1080. The first kappa shape index (κ1) is 35.4. The summed E-state index contributed by atoms with van der Waals surface area (Å²) in [6.07, 6.45) is 11.4. The van der Waals surface area contributed by atoms with Gasteiger partial charge in [-0.15, -0.1) is 0 Å². The van der Waals surface area contributed by atoms with Gasteiger partial charge in [-0.25, -0.2) is 0 Å². The van der Waals surface area contributed by atoms with Crippen LogP contribution >= 0.6 is 7.05 Å². The molecular weight excluding hydrogens is 525 g/mol. The van der Waals surface area contributed by atoms with Crippen molar-refractivity contribution >= 4 is 18.2 Å². The van der Waals surface area contributed by atoms with Crippen LogP contribution in [-0.4, -0.2) is 18.5 Å². The predicted octanol–water partition coefficient (Wildman–Crippen LogP) is 11.6. The summed E-state index contributed by atoms with van der Waals surface area (Å²) in [5.41, 5.74) is 6.51.